The van der Waals surface area contributed by atoms with E-state index >= 15 is 8.78 Å². The van der Waals surface area contributed by atoms with Crippen LogP contribution in [0.15, 0.2) is 18.2 Å². The van der Waals surface area contributed by atoms with Gasteiger partial charge in [-0.05, 0) is 91.4 Å². The smallest absolute Gasteiger partial charge is 0.251 e. The third-order valence-corrected chi connectivity index (χ3v) is 12.2. The molecule has 0 aromatic heterocycles. The zero-order valence-electron chi connectivity index (χ0n) is 23.9. The number of halogens is 3. The van der Waals surface area contributed by atoms with Crippen LogP contribution in [0, 0.1) is 52.2 Å². The number of fused-ring (bicyclic) bond motifs is 5. The number of hydrogen-bond donors (Lipinski definition) is 3. The van der Waals surface area contributed by atoms with Gasteiger partial charge in [0.2, 0.25) is 0 Å². The number of aliphatic hydroxyl groups excluding tert-OH is 3. The van der Waals surface area contributed by atoms with Crippen molar-refractivity contribution in [3.63, 3.8) is 0 Å². The lowest BCUT2D eigenvalue weighted by Crippen LogP contribution is -2.64. The maximum atomic E-state index is 16.0. The molecule has 220 valence electrons. The quantitative estimate of drug-likeness (QED) is 0.344. The summed E-state index contributed by atoms with van der Waals surface area (Å²) in [6.07, 6.45) is 3.44. The Morgan fingerprint density at radius 1 is 0.974 bits per heavy atom. The van der Waals surface area contributed by atoms with Gasteiger partial charge in [-0.1, -0.05) is 45.7 Å². The summed E-state index contributed by atoms with van der Waals surface area (Å²) in [5.41, 5.74) is -0.265. The molecule has 1 aromatic rings. The van der Waals surface area contributed by atoms with Gasteiger partial charge in [-0.3, -0.25) is 0 Å². The van der Waals surface area contributed by atoms with E-state index in [1.165, 1.54) is 13.2 Å². The van der Waals surface area contributed by atoms with Gasteiger partial charge in [-0.15, -0.1) is 0 Å². The van der Waals surface area contributed by atoms with Crippen LogP contribution in [0.1, 0.15) is 96.6 Å². The molecular weight excluding hydrogens is 505 g/mol. The average Bonchev–Trinajstić information content (AvgIpc) is 3.25. The van der Waals surface area contributed by atoms with Crippen molar-refractivity contribution in [2.75, 3.05) is 7.11 Å². The first-order chi connectivity index (χ1) is 18.3. The fourth-order valence-corrected chi connectivity index (χ4v) is 10.1. The summed E-state index contributed by atoms with van der Waals surface area (Å²) in [5, 5.41) is 31.6. The molecule has 0 saturated heterocycles. The SMILES string of the molecule is COc1cccc(C(O)CCC[C@@H](C)[C@H]2CC[C@H]3[C@H]4[C@H](CC[C@]23C)[C@@]2(C)CC[C@H](O)[C@H](O)[C@@H]2CC4(F)F)c1F. The van der Waals surface area contributed by atoms with Crippen molar-refractivity contribution in [3.8, 4) is 5.75 Å². The largest absolute Gasteiger partial charge is 0.494 e. The molecule has 1 unspecified atom stereocenters. The predicted octanol–water partition coefficient (Wildman–Crippen LogP) is 6.91. The van der Waals surface area contributed by atoms with E-state index in [1.54, 1.807) is 12.1 Å². The van der Waals surface area contributed by atoms with Gasteiger partial charge in [-0.25, -0.2) is 13.2 Å². The summed E-state index contributed by atoms with van der Waals surface area (Å²) in [4.78, 5) is 0. The van der Waals surface area contributed by atoms with E-state index in [0.29, 0.717) is 31.1 Å². The standard InChI is InChI=1S/C32H47F3O4/c1-18(7-5-9-24(36)19-8-6-10-26(39-4)28(19)33)20-11-12-21-27-22(13-15-30(20,21)2)31(3)16-14-25(37)29(38)23(31)17-32(27,34)35/h6,8,10,18,20-25,27,29,36-38H,5,7,9,11-17H2,1-4H3/t18-,20-,21+,22+,23+,24?,25+,27+,29-,30-,31-/m1/s1. The fourth-order valence-electron chi connectivity index (χ4n) is 10.1. The van der Waals surface area contributed by atoms with Gasteiger partial charge in [0, 0.05) is 17.9 Å². The van der Waals surface area contributed by atoms with Crippen LogP contribution >= 0.6 is 0 Å². The van der Waals surface area contributed by atoms with Gasteiger partial charge < -0.3 is 20.1 Å². The Morgan fingerprint density at radius 3 is 2.38 bits per heavy atom. The highest BCUT2D eigenvalue weighted by Gasteiger charge is 2.69. The first kappa shape index (κ1) is 29.2. The molecular formula is C32H47F3O4. The third-order valence-electron chi connectivity index (χ3n) is 12.2. The molecule has 4 fully saturated rings. The van der Waals surface area contributed by atoms with Gasteiger partial charge in [0.25, 0.3) is 5.92 Å². The van der Waals surface area contributed by atoms with Crippen LogP contribution in [-0.2, 0) is 0 Å². The van der Waals surface area contributed by atoms with Crippen LogP contribution < -0.4 is 4.74 Å². The highest BCUT2D eigenvalue weighted by Crippen LogP contribution is 2.71. The number of benzene rings is 1. The molecule has 0 heterocycles. The minimum Gasteiger partial charge on any atom is -0.494 e. The molecule has 0 bridgehead atoms. The number of ether oxygens (including phenoxy) is 1. The van der Waals surface area contributed by atoms with E-state index in [-0.39, 0.29) is 40.4 Å². The Bertz CT molecular complexity index is 1030. The van der Waals surface area contributed by atoms with Crippen LogP contribution in [0.3, 0.4) is 0 Å². The van der Waals surface area contributed by atoms with Crippen LogP contribution in [0.5, 0.6) is 5.75 Å². The second-order valence-electron chi connectivity index (χ2n) is 13.9. The highest BCUT2D eigenvalue weighted by molar-refractivity contribution is 5.32. The molecule has 11 atom stereocenters. The van der Waals surface area contributed by atoms with Crippen molar-refractivity contribution in [2.24, 2.45) is 46.3 Å². The number of hydrogen-bond acceptors (Lipinski definition) is 4. The van der Waals surface area contributed by atoms with E-state index in [9.17, 15) is 19.7 Å². The minimum atomic E-state index is -2.84. The van der Waals surface area contributed by atoms with Gasteiger partial charge in [0.05, 0.1) is 25.4 Å². The van der Waals surface area contributed by atoms with Gasteiger partial charge >= 0.3 is 0 Å². The van der Waals surface area contributed by atoms with Crippen molar-refractivity contribution in [3.05, 3.63) is 29.6 Å². The molecule has 4 aliphatic rings. The number of aliphatic hydroxyl groups is 3. The maximum Gasteiger partial charge on any atom is 0.251 e. The summed E-state index contributed by atoms with van der Waals surface area (Å²) in [5.74, 6) is -3.98. The summed E-state index contributed by atoms with van der Waals surface area (Å²) in [6, 6.07) is 4.81. The fraction of sp³-hybridized carbons (Fsp3) is 0.812. The van der Waals surface area contributed by atoms with Gasteiger partial charge in [0.1, 0.15) is 0 Å². The second-order valence-corrected chi connectivity index (χ2v) is 13.9. The lowest BCUT2D eigenvalue weighted by molar-refractivity contribution is -0.258. The molecule has 4 aliphatic carbocycles. The van der Waals surface area contributed by atoms with E-state index in [2.05, 4.69) is 20.8 Å². The minimum absolute atomic E-state index is 0.0445. The molecule has 7 heteroatoms. The Morgan fingerprint density at radius 2 is 1.67 bits per heavy atom. The Balaban J connectivity index is 1.27. The molecule has 5 rings (SSSR count). The molecule has 4 nitrogen and oxygen atoms in total. The molecule has 39 heavy (non-hydrogen) atoms. The molecule has 1 aromatic carbocycles. The van der Waals surface area contributed by atoms with Crippen LogP contribution in [0.25, 0.3) is 0 Å². The zero-order valence-corrected chi connectivity index (χ0v) is 23.9. The zero-order chi connectivity index (χ0) is 28.3. The van der Waals surface area contributed by atoms with Crippen molar-refractivity contribution >= 4 is 0 Å². The Hall–Kier alpha value is -1.31. The molecule has 0 spiro atoms. The monoisotopic (exact) mass is 552 g/mol. The lowest BCUT2D eigenvalue weighted by Gasteiger charge is -2.63. The second kappa shape index (κ2) is 10.5. The summed E-state index contributed by atoms with van der Waals surface area (Å²) < 4.78 is 51.6. The summed E-state index contributed by atoms with van der Waals surface area (Å²) in [7, 11) is 1.41. The summed E-state index contributed by atoms with van der Waals surface area (Å²) in [6.45, 7) is 6.57. The van der Waals surface area contributed by atoms with Crippen molar-refractivity contribution < 1.29 is 33.2 Å². The molecule has 4 saturated carbocycles. The van der Waals surface area contributed by atoms with E-state index in [0.717, 1.165) is 38.5 Å². The van der Waals surface area contributed by atoms with E-state index in [4.69, 9.17) is 4.74 Å². The van der Waals surface area contributed by atoms with E-state index in [1.807, 2.05) is 0 Å². The Kier molecular flexibility index (Phi) is 7.87. The van der Waals surface area contributed by atoms with Crippen molar-refractivity contribution in [1.29, 1.82) is 0 Å². The number of rotatable bonds is 7. The topological polar surface area (TPSA) is 69.9 Å². The molecule has 0 amide bonds. The lowest BCUT2D eigenvalue weighted by atomic mass is 9.43. The highest BCUT2D eigenvalue weighted by atomic mass is 19.3. The number of alkyl halides is 2. The van der Waals surface area contributed by atoms with Crippen LogP contribution in [0.2, 0.25) is 0 Å². The first-order valence-electron chi connectivity index (χ1n) is 15.1. The normalized spacial score (nSPS) is 42.7. The van der Waals surface area contributed by atoms with Crippen LogP contribution in [-0.4, -0.2) is 40.6 Å². The Labute approximate surface area is 231 Å². The molecule has 3 N–H and O–H groups in total. The summed E-state index contributed by atoms with van der Waals surface area (Å²) >= 11 is 0. The van der Waals surface area contributed by atoms with Crippen LogP contribution in [0.4, 0.5) is 13.2 Å². The average molecular weight is 553 g/mol. The molecule has 0 aliphatic heterocycles. The van der Waals surface area contributed by atoms with Crippen molar-refractivity contribution in [1.82, 2.24) is 0 Å². The van der Waals surface area contributed by atoms with Crippen molar-refractivity contribution in [2.45, 2.75) is 109 Å². The predicted molar refractivity (Wildman–Crippen MR) is 144 cm³/mol. The number of methoxy groups -OCH3 is 1. The maximum absolute atomic E-state index is 16.0. The third kappa shape index (κ3) is 4.72. The van der Waals surface area contributed by atoms with E-state index < -0.39 is 41.9 Å². The van der Waals surface area contributed by atoms with Gasteiger partial charge in [-0.2, -0.15) is 0 Å². The van der Waals surface area contributed by atoms with Gasteiger partial charge in [0.15, 0.2) is 11.6 Å². The molecule has 0 radical (unpaired) electrons. The first-order valence-corrected chi connectivity index (χ1v) is 15.1.